The number of carbonyl (C=O) groups is 1. The van der Waals surface area contributed by atoms with Crippen molar-refractivity contribution in [2.45, 2.75) is 50.7 Å². The first kappa shape index (κ1) is 26.8. The fraction of sp³-hybridized carbons (Fsp3) is 0.379. The fourth-order valence-electron chi connectivity index (χ4n) is 5.39. The maximum absolute atomic E-state index is 14.6. The zero-order valence-corrected chi connectivity index (χ0v) is 23.0. The number of hydrogen-bond acceptors (Lipinski definition) is 5. The van der Waals surface area contributed by atoms with Gasteiger partial charge in [0, 0.05) is 31.4 Å². The standard InChI is InChI=1S/C29H30ClF2N3O2S/c1-33-20-3-5-21(6-4-20)35(29(36)28-26(30)25-23(31)7-8-24(32)27(25)38-28)16-17-13-19(15-22(14-17)37-2)18-9-11-34-12-10-18/h7-9,11,13-15,20-21,33H,3-6,10,12,16H2,1-2H3. The lowest BCUT2D eigenvalue weighted by Crippen LogP contribution is -2.44. The molecule has 1 N–H and O–H groups in total. The smallest absolute Gasteiger partial charge is 0.266 e. The molecule has 0 atom stereocenters. The van der Waals surface area contributed by atoms with Crippen LogP contribution in [0.3, 0.4) is 0 Å². The number of thiophene rings is 1. The van der Waals surface area contributed by atoms with E-state index in [9.17, 15) is 13.6 Å². The fourth-order valence-corrected chi connectivity index (χ4v) is 6.89. The van der Waals surface area contributed by atoms with Crippen molar-refractivity contribution >= 4 is 50.7 Å². The summed E-state index contributed by atoms with van der Waals surface area (Å²) < 4.78 is 34.8. The summed E-state index contributed by atoms with van der Waals surface area (Å²) in [6, 6.07) is 8.50. The van der Waals surface area contributed by atoms with E-state index in [1.807, 2.05) is 36.4 Å². The van der Waals surface area contributed by atoms with Crippen LogP contribution in [-0.2, 0) is 6.54 Å². The zero-order valence-electron chi connectivity index (χ0n) is 21.4. The van der Waals surface area contributed by atoms with Crippen LogP contribution in [0.4, 0.5) is 8.78 Å². The minimum Gasteiger partial charge on any atom is -0.497 e. The molecular formula is C29H30ClF2N3O2S. The van der Waals surface area contributed by atoms with Gasteiger partial charge in [-0.05, 0) is 92.3 Å². The number of allylic oxidation sites excluding steroid dienone is 1. The van der Waals surface area contributed by atoms with Gasteiger partial charge in [0.25, 0.3) is 5.91 Å². The molecule has 1 aliphatic carbocycles. The van der Waals surface area contributed by atoms with Gasteiger partial charge < -0.3 is 15.0 Å². The lowest BCUT2D eigenvalue weighted by Gasteiger charge is -2.37. The van der Waals surface area contributed by atoms with Crippen molar-refractivity contribution in [2.24, 2.45) is 4.99 Å². The largest absolute Gasteiger partial charge is 0.497 e. The quantitative estimate of drug-likeness (QED) is 0.345. The van der Waals surface area contributed by atoms with Crippen molar-refractivity contribution in [1.29, 1.82) is 0 Å². The molecule has 5 rings (SSSR count). The van der Waals surface area contributed by atoms with E-state index < -0.39 is 11.6 Å². The third-order valence-corrected chi connectivity index (χ3v) is 9.18. The van der Waals surface area contributed by atoms with E-state index in [1.165, 1.54) is 0 Å². The minimum absolute atomic E-state index is 0.0288. The third kappa shape index (κ3) is 5.35. The summed E-state index contributed by atoms with van der Waals surface area (Å²) in [6.07, 6.45) is 8.16. The number of nitrogens with one attached hydrogen (secondary N) is 1. The van der Waals surface area contributed by atoms with Gasteiger partial charge in [-0.3, -0.25) is 9.79 Å². The molecule has 0 unspecified atom stereocenters. The summed E-state index contributed by atoms with van der Waals surface area (Å²) in [5.41, 5.74) is 3.10. The molecular weight excluding hydrogens is 528 g/mol. The van der Waals surface area contributed by atoms with E-state index in [0.29, 0.717) is 18.3 Å². The lowest BCUT2D eigenvalue weighted by atomic mass is 9.89. The highest BCUT2D eigenvalue weighted by atomic mass is 35.5. The monoisotopic (exact) mass is 557 g/mol. The normalized spacial score (nSPS) is 19.4. The van der Waals surface area contributed by atoms with E-state index >= 15 is 0 Å². The first-order valence-corrected chi connectivity index (χ1v) is 14.0. The maximum atomic E-state index is 14.6. The topological polar surface area (TPSA) is 53.9 Å². The van der Waals surface area contributed by atoms with Crippen molar-refractivity contribution in [3.05, 3.63) is 69.1 Å². The number of amides is 1. The van der Waals surface area contributed by atoms with E-state index in [1.54, 1.807) is 7.11 Å². The van der Waals surface area contributed by atoms with Gasteiger partial charge in [0.2, 0.25) is 0 Å². The van der Waals surface area contributed by atoms with Gasteiger partial charge in [-0.25, -0.2) is 8.78 Å². The van der Waals surface area contributed by atoms with Crippen LogP contribution in [0, 0.1) is 11.6 Å². The Balaban J connectivity index is 1.54. The molecule has 0 radical (unpaired) electrons. The summed E-state index contributed by atoms with van der Waals surface area (Å²) in [5.74, 6) is -0.827. The average Bonchev–Trinajstić information content (AvgIpc) is 3.32. The van der Waals surface area contributed by atoms with Crippen LogP contribution >= 0.6 is 22.9 Å². The van der Waals surface area contributed by atoms with Gasteiger partial charge in [0.05, 0.1) is 22.2 Å². The molecule has 0 saturated heterocycles. The maximum Gasteiger partial charge on any atom is 0.266 e. The summed E-state index contributed by atoms with van der Waals surface area (Å²) in [5, 5.41) is 3.27. The van der Waals surface area contributed by atoms with Gasteiger partial charge in [-0.1, -0.05) is 11.6 Å². The number of methoxy groups -OCH3 is 1. The Morgan fingerprint density at radius 2 is 1.95 bits per heavy atom. The molecule has 1 aliphatic heterocycles. The minimum atomic E-state index is -0.635. The van der Waals surface area contributed by atoms with Crippen LogP contribution in [0.5, 0.6) is 5.75 Å². The predicted molar refractivity (Wildman–Crippen MR) is 151 cm³/mol. The van der Waals surface area contributed by atoms with Crippen molar-refractivity contribution in [3.63, 3.8) is 0 Å². The molecule has 1 saturated carbocycles. The number of ether oxygens (including phenoxy) is 1. The molecule has 1 aromatic heterocycles. The van der Waals surface area contributed by atoms with Crippen LogP contribution < -0.4 is 10.1 Å². The van der Waals surface area contributed by atoms with Crippen molar-refractivity contribution in [2.75, 3.05) is 20.7 Å². The number of carbonyl (C=O) groups excluding carboxylic acids is 1. The second-order valence-corrected chi connectivity index (χ2v) is 11.2. The molecule has 9 heteroatoms. The molecule has 3 aromatic rings. The summed E-state index contributed by atoms with van der Waals surface area (Å²) in [4.78, 5) is 20.4. The number of benzene rings is 2. The van der Waals surface area contributed by atoms with Crippen LogP contribution in [0.25, 0.3) is 15.7 Å². The highest BCUT2D eigenvalue weighted by molar-refractivity contribution is 7.21. The molecule has 0 spiro atoms. The Hall–Kier alpha value is -2.81. The second kappa shape index (κ2) is 11.5. The number of halogens is 3. The highest BCUT2D eigenvalue weighted by Gasteiger charge is 2.32. The van der Waals surface area contributed by atoms with Crippen LogP contribution in [0.1, 0.15) is 52.9 Å². The van der Waals surface area contributed by atoms with Gasteiger partial charge in [-0.2, -0.15) is 0 Å². The molecule has 1 amide bonds. The Labute approximate surface area is 230 Å². The number of aliphatic imine (C=N–C) groups is 1. The van der Waals surface area contributed by atoms with E-state index in [0.717, 1.165) is 78.8 Å². The Morgan fingerprint density at radius 3 is 2.61 bits per heavy atom. The van der Waals surface area contributed by atoms with Gasteiger partial charge >= 0.3 is 0 Å². The van der Waals surface area contributed by atoms with E-state index in [2.05, 4.69) is 16.4 Å². The van der Waals surface area contributed by atoms with E-state index in [4.69, 9.17) is 16.3 Å². The SMILES string of the molecule is CNC1CCC(N(Cc2cc(OC)cc(C3=CC=NCC3)c2)C(=O)c2sc3c(F)ccc(F)c3c2Cl)CC1. The van der Waals surface area contributed by atoms with Gasteiger partial charge in [0.1, 0.15) is 22.3 Å². The Bertz CT molecular complexity index is 1410. The molecule has 2 aromatic carbocycles. The van der Waals surface area contributed by atoms with Gasteiger partial charge in [-0.15, -0.1) is 11.3 Å². The zero-order chi connectivity index (χ0) is 26.8. The summed E-state index contributed by atoms with van der Waals surface area (Å²) in [6.45, 7) is 1.06. The molecule has 2 aliphatic rings. The first-order chi connectivity index (χ1) is 18.4. The number of rotatable bonds is 7. The van der Waals surface area contributed by atoms with Crippen molar-refractivity contribution < 1.29 is 18.3 Å². The number of hydrogen-bond donors (Lipinski definition) is 1. The third-order valence-electron chi connectivity index (χ3n) is 7.50. The molecule has 0 bridgehead atoms. The highest BCUT2D eigenvalue weighted by Crippen LogP contribution is 2.40. The molecule has 1 fully saturated rings. The van der Waals surface area contributed by atoms with Crippen LogP contribution in [0.15, 0.2) is 41.4 Å². The number of fused-ring (bicyclic) bond motifs is 1. The summed E-state index contributed by atoms with van der Waals surface area (Å²) >= 11 is 7.46. The average molecular weight is 558 g/mol. The van der Waals surface area contributed by atoms with Crippen LogP contribution in [-0.4, -0.2) is 49.8 Å². The van der Waals surface area contributed by atoms with Gasteiger partial charge in [0.15, 0.2) is 0 Å². The van der Waals surface area contributed by atoms with E-state index in [-0.39, 0.29) is 31.9 Å². The Kier molecular flexibility index (Phi) is 8.12. The predicted octanol–water partition coefficient (Wildman–Crippen LogP) is 6.87. The van der Waals surface area contributed by atoms with Crippen LogP contribution in [0.2, 0.25) is 5.02 Å². The number of dihydropyridines is 1. The number of nitrogens with zero attached hydrogens (tertiary/aromatic N) is 2. The Morgan fingerprint density at radius 1 is 1.18 bits per heavy atom. The van der Waals surface area contributed by atoms with Crippen molar-refractivity contribution in [1.82, 2.24) is 10.2 Å². The summed E-state index contributed by atoms with van der Waals surface area (Å²) in [7, 11) is 3.58. The lowest BCUT2D eigenvalue weighted by molar-refractivity contribution is 0.0606. The first-order valence-electron chi connectivity index (χ1n) is 12.8. The molecule has 2 heterocycles. The van der Waals surface area contributed by atoms with Crippen molar-refractivity contribution in [3.8, 4) is 5.75 Å². The molecule has 38 heavy (non-hydrogen) atoms. The molecule has 200 valence electrons. The molecule has 5 nitrogen and oxygen atoms in total. The second-order valence-electron chi connectivity index (χ2n) is 9.77.